The predicted octanol–water partition coefficient (Wildman–Crippen LogP) is 16.4. The van der Waals surface area contributed by atoms with E-state index in [0.29, 0.717) is 19.3 Å². The number of rotatable bonds is 44. The molecule has 0 N–H and O–H groups in total. The maximum Gasteiger partial charge on any atom is 0.306 e. The van der Waals surface area contributed by atoms with Crippen molar-refractivity contribution >= 4 is 17.9 Å². The summed E-state index contributed by atoms with van der Waals surface area (Å²) in [7, 11) is 0. The molecule has 0 aliphatic rings. The average Bonchev–Trinajstić information content (AvgIpc) is 3.26. The Bertz CT molecular complexity index is 1200. The normalized spacial score (nSPS) is 12.8. The first-order valence-corrected chi connectivity index (χ1v) is 25.2. The SMILES string of the molecule is CC\C=C/C=C\C=C/CCCCCCCC(=O)OC(COC(=O)CCCCCCC\C=C/C=C\C=C/CCCCCCC)COC(=O)CCCCCCC/C=C\CCCCC. The Hall–Kier alpha value is -3.41. The van der Waals surface area contributed by atoms with Crippen LogP contribution in [0.1, 0.15) is 226 Å². The lowest BCUT2D eigenvalue weighted by Crippen LogP contribution is -2.30. The second-order valence-electron chi connectivity index (χ2n) is 16.5. The van der Waals surface area contributed by atoms with Gasteiger partial charge < -0.3 is 14.2 Å². The van der Waals surface area contributed by atoms with Crippen molar-refractivity contribution in [2.45, 2.75) is 232 Å². The van der Waals surface area contributed by atoms with Gasteiger partial charge >= 0.3 is 17.9 Å². The van der Waals surface area contributed by atoms with E-state index in [9.17, 15) is 14.4 Å². The van der Waals surface area contributed by atoms with Crippen molar-refractivity contribution in [3.05, 3.63) is 85.1 Å². The molecule has 0 aliphatic carbocycles. The molecule has 0 spiro atoms. The zero-order valence-corrected chi connectivity index (χ0v) is 39.7. The predicted molar refractivity (Wildman–Crippen MR) is 261 cm³/mol. The Morgan fingerprint density at radius 1 is 0.344 bits per heavy atom. The molecule has 6 heteroatoms. The van der Waals surface area contributed by atoms with E-state index in [1.54, 1.807) is 0 Å². The van der Waals surface area contributed by atoms with Gasteiger partial charge in [-0.3, -0.25) is 14.4 Å². The molecule has 348 valence electrons. The van der Waals surface area contributed by atoms with Crippen LogP contribution in [-0.4, -0.2) is 37.2 Å². The highest BCUT2D eigenvalue weighted by molar-refractivity contribution is 5.71. The van der Waals surface area contributed by atoms with Gasteiger partial charge in [-0.05, 0) is 89.9 Å². The van der Waals surface area contributed by atoms with E-state index in [2.05, 4.69) is 106 Å². The number of ether oxygens (including phenoxy) is 3. The van der Waals surface area contributed by atoms with Gasteiger partial charge in [-0.2, -0.15) is 0 Å². The summed E-state index contributed by atoms with van der Waals surface area (Å²) in [6.07, 6.45) is 62.7. The maximum atomic E-state index is 12.8. The number of carbonyl (C=O) groups excluding carboxylic acids is 3. The minimum Gasteiger partial charge on any atom is -0.462 e. The van der Waals surface area contributed by atoms with Gasteiger partial charge in [-0.15, -0.1) is 0 Å². The Labute approximate surface area is 375 Å². The second kappa shape index (κ2) is 49.2. The van der Waals surface area contributed by atoms with Gasteiger partial charge in [0.2, 0.25) is 0 Å². The fourth-order valence-corrected chi connectivity index (χ4v) is 6.67. The molecule has 0 rings (SSSR count). The Morgan fingerprint density at radius 2 is 0.656 bits per heavy atom. The topological polar surface area (TPSA) is 78.9 Å². The third-order valence-corrected chi connectivity index (χ3v) is 10.5. The van der Waals surface area contributed by atoms with Crippen molar-refractivity contribution in [3.8, 4) is 0 Å². The van der Waals surface area contributed by atoms with Crippen LogP contribution in [0.2, 0.25) is 0 Å². The third kappa shape index (κ3) is 47.5. The van der Waals surface area contributed by atoms with E-state index in [1.165, 1.54) is 64.2 Å². The van der Waals surface area contributed by atoms with Gasteiger partial charge in [-0.1, -0.05) is 202 Å². The number of hydrogen-bond donors (Lipinski definition) is 0. The first-order chi connectivity index (χ1) is 30.0. The summed E-state index contributed by atoms with van der Waals surface area (Å²) < 4.78 is 16.7. The molecule has 0 aliphatic heterocycles. The summed E-state index contributed by atoms with van der Waals surface area (Å²) in [5, 5.41) is 0. The van der Waals surface area contributed by atoms with Crippen LogP contribution in [0.5, 0.6) is 0 Å². The van der Waals surface area contributed by atoms with Crippen LogP contribution in [0.15, 0.2) is 85.1 Å². The molecule has 61 heavy (non-hydrogen) atoms. The number of hydrogen-bond acceptors (Lipinski definition) is 6. The summed E-state index contributed by atoms with van der Waals surface area (Å²) >= 11 is 0. The smallest absolute Gasteiger partial charge is 0.306 e. The molecule has 0 aromatic heterocycles. The molecule has 0 aromatic rings. The lowest BCUT2D eigenvalue weighted by molar-refractivity contribution is -0.167. The standard InChI is InChI=1S/C55H92O6/c1-4-7-10-13-16-19-22-25-26-27-28-29-31-33-36-39-42-45-48-54(57)60-51-52(50-59-53(56)47-44-41-38-35-32-24-21-18-15-12-9-6-3)61-55(58)49-46-43-40-37-34-30-23-20-17-14-11-8-5-2/h8,11,14,17-18,20-23,25-29,52H,4-7,9-10,12-13,15-16,19,24,30-51H2,1-3H3/b11-8-,17-14-,21-18-,23-20-,25-22-,27-26-,29-28-. The number of unbranched alkanes of at least 4 members (excludes halogenated alkanes) is 23. The minimum atomic E-state index is -0.798. The largest absolute Gasteiger partial charge is 0.462 e. The lowest BCUT2D eigenvalue weighted by atomic mass is 10.1. The number of allylic oxidation sites excluding steroid dienone is 14. The molecule has 0 saturated heterocycles. The van der Waals surface area contributed by atoms with E-state index < -0.39 is 6.10 Å². The summed E-state index contributed by atoms with van der Waals surface area (Å²) in [6, 6.07) is 0. The van der Waals surface area contributed by atoms with Crippen LogP contribution in [0, 0.1) is 0 Å². The molecule has 0 bridgehead atoms. The van der Waals surface area contributed by atoms with Gasteiger partial charge in [0.1, 0.15) is 13.2 Å². The molecular weight excluding hydrogens is 757 g/mol. The fraction of sp³-hybridized carbons (Fsp3) is 0.691. The summed E-state index contributed by atoms with van der Waals surface area (Å²) in [4.78, 5) is 37.9. The van der Waals surface area contributed by atoms with Crippen LogP contribution in [0.25, 0.3) is 0 Å². The summed E-state index contributed by atoms with van der Waals surface area (Å²) in [5.74, 6) is -0.950. The molecule has 6 nitrogen and oxygen atoms in total. The Balaban J connectivity index is 4.45. The molecule has 1 unspecified atom stereocenters. The van der Waals surface area contributed by atoms with E-state index in [-0.39, 0.29) is 31.1 Å². The van der Waals surface area contributed by atoms with Crippen LogP contribution in [-0.2, 0) is 28.6 Å². The highest BCUT2D eigenvalue weighted by Gasteiger charge is 2.19. The van der Waals surface area contributed by atoms with Crippen molar-refractivity contribution in [1.29, 1.82) is 0 Å². The molecule has 0 fully saturated rings. The van der Waals surface area contributed by atoms with Crippen LogP contribution in [0.3, 0.4) is 0 Å². The Kier molecular flexibility index (Phi) is 46.5. The quantitative estimate of drug-likeness (QED) is 0.0200. The van der Waals surface area contributed by atoms with E-state index in [1.807, 2.05) is 0 Å². The van der Waals surface area contributed by atoms with E-state index >= 15 is 0 Å². The highest BCUT2D eigenvalue weighted by atomic mass is 16.6. The average molecular weight is 849 g/mol. The highest BCUT2D eigenvalue weighted by Crippen LogP contribution is 2.13. The Morgan fingerprint density at radius 3 is 1.07 bits per heavy atom. The second-order valence-corrected chi connectivity index (χ2v) is 16.5. The van der Waals surface area contributed by atoms with Crippen molar-refractivity contribution in [2.24, 2.45) is 0 Å². The molecule has 0 heterocycles. The van der Waals surface area contributed by atoms with Crippen molar-refractivity contribution in [3.63, 3.8) is 0 Å². The molecule has 1 atom stereocenters. The van der Waals surface area contributed by atoms with Gasteiger partial charge in [0, 0.05) is 19.3 Å². The molecule has 0 amide bonds. The minimum absolute atomic E-state index is 0.0971. The van der Waals surface area contributed by atoms with E-state index in [4.69, 9.17) is 14.2 Å². The van der Waals surface area contributed by atoms with Gasteiger partial charge in [0.05, 0.1) is 0 Å². The van der Waals surface area contributed by atoms with Gasteiger partial charge in [0.25, 0.3) is 0 Å². The van der Waals surface area contributed by atoms with Crippen molar-refractivity contribution in [2.75, 3.05) is 13.2 Å². The van der Waals surface area contributed by atoms with Gasteiger partial charge in [0.15, 0.2) is 6.10 Å². The summed E-state index contributed by atoms with van der Waals surface area (Å²) in [5.41, 5.74) is 0. The van der Waals surface area contributed by atoms with Crippen molar-refractivity contribution in [1.82, 2.24) is 0 Å². The summed E-state index contributed by atoms with van der Waals surface area (Å²) in [6.45, 7) is 6.41. The monoisotopic (exact) mass is 849 g/mol. The van der Waals surface area contributed by atoms with Crippen molar-refractivity contribution < 1.29 is 28.6 Å². The van der Waals surface area contributed by atoms with Crippen LogP contribution in [0.4, 0.5) is 0 Å². The zero-order chi connectivity index (χ0) is 44.4. The number of carbonyl (C=O) groups is 3. The first kappa shape index (κ1) is 57.6. The van der Waals surface area contributed by atoms with Crippen LogP contribution < -0.4 is 0 Å². The van der Waals surface area contributed by atoms with Crippen LogP contribution >= 0.6 is 0 Å². The lowest BCUT2D eigenvalue weighted by Gasteiger charge is -2.18. The maximum absolute atomic E-state index is 12.8. The molecule has 0 aromatic carbocycles. The zero-order valence-electron chi connectivity index (χ0n) is 39.7. The molecule has 0 saturated carbocycles. The molecule has 0 radical (unpaired) electrons. The third-order valence-electron chi connectivity index (χ3n) is 10.5. The van der Waals surface area contributed by atoms with Gasteiger partial charge in [-0.25, -0.2) is 0 Å². The first-order valence-electron chi connectivity index (χ1n) is 25.2. The molecular formula is C55H92O6. The van der Waals surface area contributed by atoms with E-state index in [0.717, 1.165) is 122 Å². The number of esters is 3. The fourth-order valence-electron chi connectivity index (χ4n) is 6.67.